The number of rotatable bonds is 4. The first-order valence-electron chi connectivity index (χ1n) is 3.39. The van der Waals surface area contributed by atoms with Crippen LogP contribution in [0.4, 0.5) is 0 Å². The number of ether oxygens (including phenoxy) is 1. The quantitative estimate of drug-likeness (QED) is 0.307. The maximum atomic E-state index is 10.7. The highest BCUT2D eigenvalue weighted by Crippen LogP contribution is 2.33. The van der Waals surface area contributed by atoms with Gasteiger partial charge in [-0.1, -0.05) is 6.58 Å². The van der Waals surface area contributed by atoms with Crippen molar-refractivity contribution in [3.63, 3.8) is 0 Å². The van der Waals surface area contributed by atoms with E-state index in [-0.39, 0.29) is 5.57 Å². The Morgan fingerprint density at radius 1 is 1.62 bits per heavy atom. The molecule has 6 heteroatoms. The van der Waals surface area contributed by atoms with Gasteiger partial charge in [0.25, 0.3) is 0 Å². The van der Waals surface area contributed by atoms with E-state index in [9.17, 15) is 9.36 Å². The third kappa shape index (κ3) is 7.46. The van der Waals surface area contributed by atoms with Gasteiger partial charge in [0.05, 0.1) is 12.4 Å². The summed E-state index contributed by atoms with van der Waals surface area (Å²) in [6.07, 6.45) is 1.58. The van der Waals surface area contributed by atoms with Crippen molar-refractivity contribution in [3.8, 4) is 0 Å². The molecule has 0 saturated carbocycles. The van der Waals surface area contributed by atoms with E-state index in [0.717, 1.165) is 12.3 Å². The second kappa shape index (κ2) is 4.97. The van der Waals surface area contributed by atoms with E-state index in [2.05, 4.69) is 11.3 Å². The molecule has 0 aromatic carbocycles. The average Bonchev–Trinajstić information content (AvgIpc) is 1.95. The van der Waals surface area contributed by atoms with Crippen LogP contribution in [-0.4, -0.2) is 21.9 Å². The van der Waals surface area contributed by atoms with Gasteiger partial charge in [-0.15, -0.1) is 0 Å². The standard InChI is InChI=1S/C7H11O5P/c1-6(2)7(8)12-4-3-5-13(9,10)11/h3-4H,1,5H2,2H3,(H2,9,10,11). The van der Waals surface area contributed by atoms with Crippen LogP contribution in [-0.2, 0) is 14.1 Å². The zero-order valence-corrected chi connectivity index (χ0v) is 8.03. The van der Waals surface area contributed by atoms with Crippen molar-refractivity contribution in [2.45, 2.75) is 6.92 Å². The van der Waals surface area contributed by atoms with E-state index in [1.54, 1.807) is 0 Å². The largest absolute Gasteiger partial charge is 0.431 e. The highest BCUT2D eigenvalue weighted by atomic mass is 31.2. The third-order valence-corrected chi connectivity index (χ3v) is 1.65. The summed E-state index contributed by atoms with van der Waals surface area (Å²) in [5, 5.41) is 0. The molecule has 0 atom stereocenters. The van der Waals surface area contributed by atoms with E-state index in [4.69, 9.17) is 9.79 Å². The molecule has 0 aliphatic carbocycles. The smallest absolute Gasteiger partial charge is 0.337 e. The molecule has 0 saturated heterocycles. The molecule has 5 nitrogen and oxygen atoms in total. The van der Waals surface area contributed by atoms with Gasteiger partial charge in [-0.25, -0.2) is 4.79 Å². The average molecular weight is 206 g/mol. The topological polar surface area (TPSA) is 83.8 Å². The van der Waals surface area contributed by atoms with Crippen LogP contribution in [0, 0.1) is 0 Å². The fourth-order valence-corrected chi connectivity index (χ4v) is 0.752. The molecule has 74 valence electrons. The Balaban J connectivity index is 3.84. The Hall–Kier alpha value is -0.900. The molecule has 2 N–H and O–H groups in total. The molecule has 0 aromatic rings. The summed E-state index contributed by atoms with van der Waals surface area (Å²) in [5.74, 6) is -0.623. The molecule has 0 unspecified atom stereocenters. The Labute approximate surface area is 75.9 Å². The minimum atomic E-state index is -4.05. The van der Waals surface area contributed by atoms with E-state index >= 15 is 0 Å². The second-order valence-electron chi connectivity index (χ2n) is 2.40. The summed E-state index contributed by atoms with van der Waals surface area (Å²) in [4.78, 5) is 27.5. The number of hydrogen-bond acceptors (Lipinski definition) is 3. The number of carbonyl (C=O) groups excluding carboxylic acids is 1. The molecule has 0 aromatic heterocycles. The van der Waals surface area contributed by atoms with Crippen molar-refractivity contribution in [2.75, 3.05) is 6.16 Å². The van der Waals surface area contributed by atoms with Gasteiger partial charge in [-0.3, -0.25) is 4.57 Å². The molecule has 13 heavy (non-hydrogen) atoms. The van der Waals surface area contributed by atoms with Crippen molar-refractivity contribution in [3.05, 3.63) is 24.5 Å². The summed E-state index contributed by atoms with van der Waals surface area (Å²) in [6.45, 7) is 4.79. The molecule has 0 bridgehead atoms. The summed E-state index contributed by atoms with van der Waals surface area (Å²) >= 11 is 0. The number of hydrogen-bond donors (Lipinski definition) is 2. The zero-order valence-electron chi connectivity index (χ0n) is 7.14. The first-order chi connectivity index (χ1) is 5.83. The number of carbonyl (C=O) groups is 1. The predicted molar refractivity (Wildman–Crippen MR) is 47.0 cm³/mol. The Morgan fingerprint density at radius 3 is 2.54 bits per heavy atom. The first kappa shape index (κ1) is 12.1. The summed E-state index contributed by atoms with van der Waals surface area (Å²) in [7, 11) is -4.05. The van der Waals surface area contributed by atoms with Crippen LogP contribution in [0.3, 0.4) is 0 Å². The third-order valence-electron chi connectivity index (χ3n) is 0.963. The number of esters is 1. The molecule has 0 fully saturated rings. The Kier molecular flexibility index (Phi) is 4.62. The van der Waals surface area contributed by atoms with Crippen molar-refractivity contribution in [2.24, 2.45) is 0 Å². The van der Waals surface area contributed by atoms with Gasteiger partial charge < -0.3 is 14.5 Å². The van der Waals surface area contributed by atoms with Crippen LogP contribution < -0.4 is 0 Å². The van der Waals surface area contributed by atoms with E-state index in [1.165, 1.54) is 6.92 Å². The van der Waals surface area contributed by atoms with E-state index < -0.39 is 19.7 Å². The lowest BCUT2D eigenvalue weighted by Gasteiger charge is -1.98. The highest BCUT2D eigenvalue weighted by molar-refractivity contribution is 7.51. The predicted octanol–water partition coefficient (Wildman–Crippen LogP) is 0.797. The van der Waals surface area contributed by atoms with Crippen molar-refractivity contribution >= 4 is 13.6 Å². The summed E-state index contributed by atoms with van der Waals surface area (Å²) in [6, 6.07) is 0. The van der Waals surface area contributed by atoms with Gasteiger partial charge in [0, 0.05) is 5.57 Å². The lowest BCUT2D eigenvalue weighted by Crippen LogP contribution is -1.99. The highest BCUT2D eigenvalue weighted by Gasteiger charge is 2.09. The zero-order chi connectivity index (χ0) is 10.5. The maximum Gasteiger partial charge on any atom is 0.337 e. The van der Waals surface area contributed by atoms with Gasteiger partial charge >= 0.3 is 13.6 Å². The van der Waals surface area contributed by atoms with Gasteiger partial charge in [0.1, 0.15) is 0 Å². The first-order valence-corrected chi connectivity index (χ1v) is 5.19. The molecule has 0 rings (SSSR count). The minimum absolute atomic E-state index is 0.223. The van der Waals surface area contributed by atoms with Crippen molar-refractivity contribution < 1.29 is 23.9 Å². The lowest BCUT2D eigenvalue weighted by molar-refractivity contribution is -0.133. The van der Waals surface area contributed by atoms with Crippen LogP contribution in [0.1, 0.15) is 6.92 Å². The van der Waals surface area contributed by atoms with Gasteiger partial charge in [-0.2, -0.15) is 0 Å². The van der Waals surface area contributed by atoms with Crippen LogP contribution in [0.15, 0.2) is 24.5 Å². The SMILES string of the molecule is C=C(C)C(=O)OC=CCP(=O)(O)O. The molecule has 0 aliphatic rings. The fraction of sp³-hybridized carbons (Fsp3) is 0.286. The molecule has 0 aliphatic heterocycles. The molecular formula is C7H11O5P. The van der Waals surface area contributed by atoms with Gasteiger partial charge in [-0.05, 0) is 13.0 Å². The Morgan fingerprint density at radius 2 is 2.15 bits per heavy atom. The normalized spacial score (nSPS) is 11.6. The Bertz CT molecular complexity index is 275. The van der Waals surface area contributed by atoms with Crippen LogP contribution in [0.2, 0.25) is 0 Å². The fourth-order valence-electron chi connectivity index (χ4n) is 0.391. The molecular weight excluding hydrogens is 195 g/mol. The molecule has 0 heterocycles. The van der Waals surface area contributed by atoms with Crippen LogP contribution in [0.5, 0.6) is 0 Å². The second-order valence-corrected chi connectivity index (χ2v) is 4.10. The maximum absolute atomic E-state index is 10.7. The van der Waals surface area contributed by atoms with Gasteiger partial charge in [0.2, 0.25) is 0 Å². The minimum Gasteiger partial charge on any atom is -0.431 e. The molecule has 0 amide bonds. The van der Waals surface area contributed by atoms with E-state index in [1.807, 2.05) is 0 Å². The monoisotopic (exact) mass is 206 g/mol. The van der Waals surface area contributed by atoms with Crippen molar-refractivity contribution in [1.29, 1.82) is 0 Å². The van der Waals surface area contributed by atoms with Gasteiger partial charge in [0.15, 0.2) is 0 Å². The lowest BCUT2D eigenvalue weighted by atomic mass is 10.4. The van der Waals surface area contributed by atoms with Crippen molar-refractivity contribution in [1.82, 2.24) is 0 Å². The van der Waals surface area contributed by atoms with Crippen LogP contribution >= 0.6 is 7.60 Å². The molecule has 0 spiro atoms. The summed E-state index contributed by atoms with van der Waals surface area (Å²) < 4.78 is 14.7. The van der Waals surface area contributed by atoms with E-state index in [0.29, 0.717) is 0 Å². The number of allylic oxidation sites excluding steroid dienone is 1. The van der Waals surface area contributed by atoms with Crippen LogP contribution in [0.25, 0.3) is 0 Å². The summed E-state index contributed by atoms with van der Waals surface area (Å²) in [5.41, 5.74) is 0.223. The molecule has 0 radical (unpaired) electrons.